The van der Waals surface area contributed by atoms with Gasteiger partial charge in [-0.25, -0.2) is 9.97 Å². The van der Waals surface area contributed by atoms with Gasteiger partial charge in [0.1, 0.15) is 17.4 Å². The van der Waals surface area contributed by atoms with Crippen LogP contribution in [0.1, 0.15) is 22.3 Å². The maximum absolute atomic E-state index is 5.46. The zero-order chi connectivity index (χ0) is 42.0. The normalized spacial score (nSPS) is 11.4. The Morgan fingerprint density at radius 2 is 0.871 bits per heavy atom. The van der Waals surface area contributed by atoms with Crippen LogP contribution in [0.15, 0.2) is 182 Å². The maximum Gasteiger partial charge on any atom is 0.140 e. The van der Waals surface area contributed by atoms with Gasteiger partial charge < -0.3 is 13.9 Å². The minimum Gasteiger partial charge on any atom is -0.497 e. The van der Waals surface area contributed by atoms with Crippen molar-refractivity contribution in [2.24, 2.45) is 14.1 Å². The first-order valence-corrected chi connectivity index (χ1v) is 21.3. The summed E-state index contributed by atoms with van der Waals surface area (Å²) in [7, 11) is 5.87. The Morgan fingerprint density at radius 3 is 1.39 bits per heavy atom. The lowest BCUT2D eigenvalue weighted by atomic mass is 9.90. The molecule has 0 spiro atoms. The number of ether oxygens (including phenoxy) is 1. The van der Waals surface area contributed by atoms with E-state index in [2.05, 4.69) is 180 Å². The second kappa shape index (κ2) is 16.8. The van der Waals surface area contributed by atoms with Gasteiger partial charge in [0.25, 0.3) is 0 Å². The number of hydrogen-bond acceptors (Lipinski definition) is 4. The van der Waals surface area contributed by atoms with E-state index in [9.17, 15) is 0 Å². The van der Waals surface area contributed by atoms with E-state index in [4.69, 9.17) is 14.7 Å². The predicted molar refractivity (Wildman–Crippen MR) is 254 cm³/mol. The molecule has 302 valence electrons. The van der Waals surface area contributed by atoms with Gasteiger partial charge in [0.15, 0.2) is 0 Å². The lowest BCUT2D eigenvalue weighted by Crippen LogP contribution is -1.98. The van der Waals surface area contributed by atoms with Crippen molar-refractivity contribution in [2.45, 2.75) is 25.7 Å². The first kappa shape index (κ1) is 38.6. The molecule has 10 aromatic rings. The van der Waals surface area contributed by atoms with Crippen molar-refractivity contribution in [2.75, 3.05) is 7.11 Å². The highest BCUT2D eigenvalue weighted by Crippen LogP contribution is 2.35. The molecular weight excluding hydrogens is 759 g/mol. The van der Waals surface area contributed by atoms with E-state index < -0.39 is 0 Å². The van der Waals surface area contributed by atoms with Crippen molar-refractivity contribution < 1.29 is 4.74 Å². The van der Waals surface area contributed by atoms with E-state index in [1.165, 1.54) is 44.5 Å². The zero-order valence-corrected chi connectivity index (χ0v) is 35.3. The monoisotopic (exact) mass is 805 g/mol. The summed E-state index contributed by atoms with van der Waals surface area (Å²) < 4.78 is 9.82. The van der Waals surface area contributed by atoms with Crippen molar-refractivity contribution in [3.8, 4) is 62.0 Å². The highest BCUT2D eigenvalue weighted by molar-refractivity contribution is 5.85. The number of imidazole rings is 2. The third kappa shape index (κ3) is 7.79. The summed E-state index contributed by atoms with van der Waals surface area (Å²) in [4.78, 5) is 14.5. The van der Waals surface area contributed by atoms with Crippen molar-refractivity contribution in [1.82, 2.24) is 24.1 Å². The molecule has 10 rings (SSSR count). The number of methoxy groups -OCH3 is 1. The Bertz CT molecular complexity index is 3030. The smallest absolute Gasteiger partial charge is 0.140 e. The van der Waals surface area contributed by atoms with Gasteiger partial charge in [-0.3, -0.25) is 4.98 Å². The predicted octanol–water partition coefficient (Wildman–Crippen LogP) is 12.8. The van der Waals surface area contributed by atoms with E-state index >= 15 is 0 Å². The van der Waals surface area contributed by atoms with Crippen molar-refractivity contribution in [3.05, 3.63) is 204 Å². The molecule has 0 saturated heterocycles. The molecule has 3 heterocycles. The molecule has 0 unspecified atom stereocenters. The molecule has 3 aromatic heterocycles. The number of benzene rings is 7. The fourth-order valence-electron chi connectivity index (χ4n) is 8.74. The van der Waals surface area contributed by atoms with E-state index in [-0.39, 0.29) is 0 Å². The number of fused-ring (bicyclic) bond motifs is 2. The molecule has 6 nitrogen and oxygen atoms in total. The van der Waals surface area contributed by atoms with Gasteiger partial charge >= 0.3 is 0 Å². The number of rotatable bonds is 12. The summed E-state index contributed by atoms with van der Waals surface area (Å²) in [5.41, 5.74) is 18.6. The molecule has 6 heteroatoms. The third-order valence-electron chi connectivity index (χ3n) is 12.2. The van der Waals surface area contributed by atoms with Crippen LogP contribution in [0.25, 0.3) is 78.4 Å². The number of aryl methyl sites for hydroxylation is 6. The molecule has 62 heavy (non-hydrogen) atoms. The van der Waals surface area contributed by atoms with Gasteiger partial charge in [0.2, 0.25) is 0 Å². The number of nitrogens with zero attached hydrogens (tertiary/aromatic N) is 5. The van der Waals surface area contributed by atoms with Gasteiger partial charge in [-0.1, -0.05) is 140 Å². The molecule has 0 aliphatic carbocycles. The average Bonchev–Trinajstić information content (AvgIpc) is 3.86. The van der Waals surface area contributed by atoms with E-state index in [1.807, 2.05) is 24.3 Å². The Labute approximate surface area is 362 Å². The first-order chi connectivity index (χ1) is 30.5. The topological polar surface area (TPSA) is 57.8 Å². The van der Waals surface area contributed by atoms with Crippen molar-refractivity contribution in [3.63, 3.8) is 0 Å². The van der Waals surface area contributed by atoms with Crippen LogP contribution in [0.3, 0.4) is 0 Å². The molecule has 0 bridgehead atoms. The second-order valence-corrected chi connectivity index (χ2v) is 16.1. The van der Waals surface area contributed by atoms with Crippen molar-refractivity contribution in [1.29, 1.82) is 0 Å². The molecule has 0 atom stereocenters. The summed E-state index contributed by atoms with van der Waals surface area (Å²) in [6.07, 6.45) is 5.54. The van der Waals surface area contributed by atoms with E-state index in [0.29, 0.717) is 0 Å². The van der Waals surface area contributed by atoms with E-state index in [0.717, 1.165) is 87.5 Å². The highest BCUT2D eigenvalue weighted by atomic mass is 16.5. The fourth-order valence-corrected chi connectivity index (χ4v) is 8.74. The number of hydrogen-bond donors (Lipinski definition) is 0. The molecule has 0 amide bonds. The van der Waals surface area contributed by atoms with Crippen LogP contribution in [-0.2, 0) is 39.8 Å². The lowest BCUT2D eigenvalue weighted by Gasteiger charge is -2.15. The summed E-state index contributed by atoms with van der Waals surface area (Å²) in [6.45, 7) is 0. The van der Waals surface area contributed by atoms with Gasteiger partial charge in [-0.05, 0) is 101 Å². The Hall–Kier alpha value is -7.57. The van der Waals surface area contributed by atoms with Crippen LogP contribution in [0.4, 0.5) is 0 Å². The second-order valence-electron chi connectivity index (χ2n) is 16.1. The Kier molecular flexibility index (Phi) is 10.5. The molecular formula is C56H47N5O. The Balaban J connectivity index is 0.932. The number of pyridine rings is 1. The largest absolute Gasteiger partial charge is 0.497 e. The zero-order valence-electron chi connectivity index (χ0n) is 35.3. The molecule has 0 radical (unpaired) electrons. The molecule has 0 fully saturated rings. The molecule has 0 N–H and O–H groups in total. The van der Waals surface area contributed by atoms with Crippen LogP contribution in [0, 0.1) is 0 Å². The number of para-hydroxylation sites is 4. The molecule has 0 saturated carbocycles. The third-order valence-corrected chi connectivity index (χ3v) is 12.2. The van der Waals surface area contributed by atoms with Crippen LogP contribution < -0.4 is 4.74 Å². The van der Waals surface area contributed by atoms with Gasteiger partial charge in [-0.2, -0.15) is 0 Å². The first-order valence-electron chi connectivity index (χ1n) is 21.3. The SMILES string of the molecule is COc1ccnc(-c2ccc(-c3ccccc3-c3cc(CCc4ccc(-c5nc6ccccc6n5C)cc4)cc(CCc4ccc(-c5nc6ccccc6n5C)cc4)c3)cc2)c1. The quantitative estimate of drug-likeness (QED) is 0.123. The lowest BCUT2D eigenvalue weighted by molar-refractivity contribution is 0.414. The molecule has 0 aliphatic heterocycles. The minimum atomic E-state index is 0.797. The van der Waals surface area contributed by atoms with Gasteiger partial charge in [0.05, 0.1) is 34.9 Å². The summed E-state index contributed by atoms with van der Waals surface area (Å²) >= 11 is 0. The Morgan fingerprint density at radius 1 is 0.419 bits per heavy atom. The van der Waals surface area contributed by atoms with E-state index in [1.54, 1.807) is 13.3 Å². The molecule has 7 aromatic carbocycles. The molecule has 0 aliphatic rings. The summed E-state index contributed by atoms with van der Waals surface area (Å²) in [5, 5.41) is 0. The van der Waals surface area contributed by atoms with Crippen LogP contribution in [0.2, 0.25) is 0 Å². The maximum atomic E-state index is 5.46. The van der Waals surface area contributed by atoms with Crippen LogP contribution in [-0.4, -0.2) is 31.2 Å². The standard InChI is InChI=1S/C56H47N5O/c1-60-53-14-8-6-12-50(53)58-55(60)44-24-20-38(21-25-44)16-18-40-34-41(19-17-39-22-26-45(27-23-39)56-59-51-13-7-9-15-54(51)61(56)2)36-46(35-40)49-11-5-4-10-48(49)42-28-30-43(31-29-42)52-37-47(62-3)32-33-57-52/h4-15,20-37H,16-19H2,1-3H3. The van der Waals surface area contributed by atoms with Crippen LogP contribution >= 0.6 is 0 Å². The summed E-state index contributed by atoms with van der Waals surface area (Å²) in [6, 6.07) is 63.1. The minimum absolute atomic E-state index is 0.797. The van der Waals surface area contributed by atoms with Gasteiger partial charge in [-0.15, -0.1) is 0 Å². The average molecular weight is 806 g/mol. The van der Waals surface area contributed by atoms with Crippen molar-refractivity contribution >= 4 is 22.1 Å². The summed E-state index contributed by atoms with van der Waals surface area (Å²) in [5.74, 6) is 2.77. The van der Waals surface area contributed by atoms with Crippen LogP contribution in [0.5, 0.6) is 5.75 Å². The number of aromatic nitrogens is 5. The fraction of sp³-hybridized carbons (Fsp3) is 0.125. The highest BCUT2D eigenvalue weighted by Gasteiger charge is 2.14. The van der Waals surface area contributed by atoms with Gasteiger partial charge in [0, 0.05) is 43.0 Å².